The molecule has 4 nitrogen and oxygen atoms in total. The molecule has 0 aliphatic heterocycles. The van der Waals surface area contributed by atoms with Crippen LogP contribution in [0.2, 0.25) is 0 Å². The SMILES string of the molecule is CCCNc1nc(C)nc(NCC(C)(C)CC)c1C. The smallest absolute Gasteiger partial charge is 0.134 e. The lowest BCUT2D eigenvalue weighted by molar-refractivity contribution is 0.376. The number of hydrogen-bond donors (Lipinski definition) is 2. The highest BCUT2D eigenvalue weighted by Crippen LogP contribution is 2.24. The van der Waals surface area contributed by atoms with Crippen molar-refractivity contribution in [2.75, 3.05) is 23.7 Å². The molecule has 1 aromatic heterocycles. The fraction of sp³-hybridized carbons (Fsp3) is 0.733. The third kappa shape index (κ3) is 4.69. The predicted octanol–water partition coefficient (Wildman–Crippen LogP) is 3.76. The van der Waals surface area contributed by atoms with Crippen LogP contribution in [0.25, 0.3) is 0 Å². The van der Waals surface area contributed by atoms with Crippen molar-refractivity contribution in [1.29, 1.82) is 0 Å². The fourth-order valence-electron chi connectivity index (χ4n) is 1.66. The molecule has 19 heavy (non-hydrogen) atoms. The molecule has 0 saturated carbocycles. The number of hydrogen-bond acceptors (Lipinski definition) is 4. The van der Waals surface area contributed by atoms with Crippen LogP contribution in [0, 0.1) is 19.3 Å². The summed E-state index contributed by atoms with van der Waals surface area (Å²) >= 11 is 0. The Hall–Kier alpha value is -1.32. The Morgan fingerprint density at radius 2 is 1.58 bits per heavy atom. The first kappa shape index (κ1) is 15.7. The second-order valence-corrected chi connectivity index (χ2v) is 5.89. The van der Waals surface area contributed by atoms with Crippen LogP contribution in [0.5, 0.6) is 0 Å². The lowest BCUT2D eigenvalue weighted by atomic mass is 9.90. The van der Waals surface area contributed by atoms with E-state index in [9.17, 15) is 0 Å². The molecule has 0 saturated heterocycles. The first-order valence-corrected chi connectivity index (χ1v) is 7.22. The average molecular weight is 264 g/mol. The first-order chi connectivity index (χ1) is 8.89. The van der Waals surface area contributed by atoms with Gasteiger partial charge in [0.15, 0.2) is 0 Å². The predicted molar refractivity (Wildman–Crippen MR) is 82.8 cm³/mol. The van der Waals surface area contributed by atoms with Crippen LogP contribution in [0.1, 0.15) is 51.9 Å². The van der Waals surface area contributed by atoms with Gasteiger partial charge in [0.25, 0.3) is 0 Å². The van der Waals surface area contributed by atoms with Crippen molar-refractivity contribution in [3.63, 3.8) is 0 Å². The lowest BCUT2D eigenvalue weighted by Crippen LogP contribution is -2.23. The molecule has 2 N–H and O–H groups in total. The Labute approximate surface area is 117 Å². The Balaban J connectivity index is 2.85. The maximum Gasteiger partial charge on any atom is 0.134 e. The second kappa shape index (κ2) is 6.73. The summed E-state index contributed by atoms with van der Waals surface area (Å²) in [5.41, 5.74) is 1.38. The Bertz CT molecular complexity index is 413. The molecule has 0 amide bonds. The Morgan fingerprint density at radius 1 is 1.00 bits per heavy atom. The molecule has 0 atom stereocenters. The van der Waals surface area contributed by atoms with Crippen LogP contribution in [0.3, 0.4) is 0 Å². The summed E-state index contributed by atoms with van der Waals surface area (Å²) in [4.78, 5) is 8.99. The Morgan fingerprint density at radius 3 is 2.11 bits per heavy atom. The van der Waals surface area contributed by atoms with Gasteiger partial charge in [0.2, 0.25) is 0 Å². The van der Waals surface area contributed by atoms with E-state index >= 15 is 0 Å². The average Bonchev–Trinajstić information content (AvgIpc) is 2.37. The van der Waals surface area contributed by atoms with Crippen molar-refractivity contribution in [2.24, 2.45) is 5.41 Å². The summed E-state index contributed by atoms with van der Waals surface area (Å²) in [6, 6.07) is 0. The topological polar surface area (TPSA) is 49.8 Å². The van der Waals surface area contributed by atoms with E-state index in [1.807, 2.05) is 6.92 Å². The van der Waals surface area contributed by atoms with Crippen molar-refractivity contribution in [2.45, 2.75) is 54.4 Å². The van der Waals surface area contributed by atoms with Gasteiger partial charge in [-0.15, -0.1) is 0 Å². The number of rotatable bonds is 7. The molecule has 1 heterocycles. The summed E-state index contributed by atoms with van der Waals surface area (Å²) in [5.74, 6) is 2.71. The zero-order chi connectivity index (χ0) is 14.5. The molecule has 1 aromatic rings. The number of aryl methyl sites for hydroxylation is 1. The maximum absolute atomic E-state index is 4.52. The van der Waals surface area contributed by atoms with E-state index in [1.54, 1.807) is 0 Å². The molecule has 0 radical (unpaired) electrons. The molecule has 0 bridgehead atoms. The van der Waals surface area contributed by atoms with E-state index in [1.165, 1.54) is 0 Å². The summed E-state index contributed by atoms with van der Waals surface area (Å²) < 4.78 is 0. The minimum atomic E-state index is 0.280. The normalized spacial score (nSPS) is 11.5. The summed E-state index contributed by atoms with van der Waals surface area (Å²) in [5, 5.41) is 6.83. The zero-order valence-corrected chi connectivity index (χ0v) is 13.2. The molecule has 0 spiro atoms. The van der Waals surface area contributed by atoms with Gasteiger partial charge in [0.1, 0.15) is 17.5 Å². The van der Waals surface area contributed by atoms with Crippen molar-refractivity contribution in [3.8, 4) is 0 Å². The van der Waals surface area contributed by atoms with Crippen LogP contribution in [0.15, 0.2) is 0 Å². The first-order valence-electron chi connectivity index (χ1n) is 7.22. The van der Waals surface area contributed by atoms with E-state index in [2.05, 4.69) is 55.2 Å². The van der Waals surface area contributed by atoms with Gasteiger partial charge < -0.3 is 10.6 Å². The number of anilines is 2. The van der Waals surface area contributed by atoms with E-state index in [0.29, 0.717) is 0 Å². The molecule has 0 aliphatic carbocycles. The minimum Gasteiger partial charge on any atom is -0.370 e. The van der Waals surface area contributed by atoms with Crippen LogP contribution in [-0.2, 0) is 0 Å². The highest BCUT2D eigenvalue weighted by atomic mass is 15.1. The highest BCUT2D eigenvalue weighted by Gasteiger charge is 2.16. The van der Waals surface area contributed by atoms with Crippen molar-refractivity contribution in [3.05, 3.63) is 11.4 Å². The Kier molecular flexibility index (Phi) is 5.58. The number of nitrogens with one attached hydrogen (secondary N) is 2. The standard InChI is InChI=1S/C15H28N4/c1-7-9-16-13-11(3)14(19-12(4)18-13)17-10-15(5,6)8-2/h7-10H2,1-6H3,(H2,16,17,18,19). The van der Waals surface area contributed by atoms with Crippen molar-refractivity contribution >= 4 is 11.6 Å². The van der Waals surface area contributed by atoms with Gasteiger partial charge in [-0.2, -0.15) is 0 Å². The molecule has 0 fully saturated rings. The molecule has 108 valence electrons. The van der Waals surface area contributed by atoms with Gasteiger partial charge in [-0.25, -0.2) is 9.97 Å². The third-order valence-corrected chi connectivity index (χ3v) is 3.49. The lowest BCUT2D eigenvalue weighted by Gasteiger charge is -2.24. The van der Waals surface area contributed by atoms with Crippen LogP contribution >= 0.6 is 0 Å². The van der Waals surface area contributed by atoms with Gasteiger partial charge in [0.05, 0.1) is 0 Å². The number of aromatic nitrogens is 2. The minimum absolute atomic E-state index is 0.280. The van der Waals surface area contributed by atoms with Crippen molar-refractivity contribution in [1.82, 2.24) is 9.97 Å². The van der Waals surface area contributed by atoms with Crippen LogP contribution < -0.4 is 10.6 Å². The van der Waals surface area contributed by atoms with E-state index in [0.717, 1.165) is 49.0 Å². The summed E-state index contributed by atoms with van der Waals surface area (Å²) in [6.07, 6.45) is 2.23. The second-order valence-electron chi connectivity index (χ2n) is 5.89. The molecular formula is C15H28N4. The van der Waals surface area contributed by atoms with E-state index in [-0.39, 0.29) is 5.41 Å². The summed E-state index contributed by atoms with van der Waals surface area (Å²) in [6.45, 7) is 14.8. The fourth-order valence-corrected chi connectivity index (χ4v) is 1.66. The third-order valence-electron chi connectivity index (χ3n) is 3.49. The molecular weight excluding hydrogens is 236 g/mol. The van der Waals surface area contributed by atoms with Crippen LogP contribution in [0.4, 0.5) is 11.6 Å². The molecule has 1 rings (SSSR count). The van der Waals surface area contributed by atoms with Gasteiger partial charge in [-0.1, -0.05) is 27.7 Å². The van der Waals surface area contributed by atoms with Gasteiger partial charge in [0, 0.05) is 18.7 Å². The molecule has 0 unspecified atom stereocenters. The van der Waals surface area contributed by atoms with Gasteiger partial charge in [-0.05, 0) is 32.1 Å². The molecule has 4 heteroatoms. The zero-order valence-electron chi connectivity index (χ0n) is 13.2. The maximum atomic E-state index is 4.52. The molecule has 0 aromatic carbocycles. The summed E-state index contributed by atoms with van der Waals surface area (Å²) in [7, 11) is 0. The molecule has 0 aliphatic rings. The van der Waals surface area contributed by atoms with Gasteiger partial charge in [-0.3, -0.25) is 0 Å². The largest absolute Gasteiger partial charge is 0.370 e. The monoisotopic (exact) mass is 264 g/mol. The van der Waals surface area contributed by atoms with Crippen molar-refractivity contribution < 1.29 is 0 Å². The highest BCUT2D eigenvalue weighted by molar-refractivity contribution is 5.57. The quantitative estimate of drug-likeness (QED) is 0.787. The van der Waals surface area contributed by atoms with Crippen LogP contribution in [-0.4, -0.2) is 23.1 Å². The van der Waals surface area contributed by atoms with E-state index < -0.39 is 0 Å². The van der Waals surface area contributed by atoms with E-state index in [4.69, 9.17) is 0 Å². The van der Waals surface area contributed by atoms with Gasteiger partial charge >= 0.3 is 0 Å². The number of nitrogens with zero attached hydrogens (tertiary/aromatic N) is 2.